The summed E-state index contributed by atoms with van der Waals surface area (Å²) in [5.74, 6) is -0.354. The first-order valence-electron chi connectivity index (χ1n) is 8.24. The van der Waals surface area contributed by atoms with E-state index in [1.807, 2.05) is 26.0 Å². The number of carbonyl (C=O) groups excluding carboxylic acids is 2. The molecule has 0 aromatic carbocycles. The number of nitrogens with zero attached hydrogens (tertiary/aromatic N) is 1. The summed E-state index contributed by atoms with van der Waals surface area (Å²) in [6, 6.07) is 0. The molecule has 0 aromatic rings. The van der Waals surface area contributed by atoms with Gasteiger partial charge in [0.1, 0.15) is 0 Å². The van der Waals surface area contributed by atoms with Gasteiger partial charge in [0.2, 0.25) is 11.8 Å². The fourth-order valence-electron chi connectivity index (χ4n) is 2.91. The molecule has 0 heterocycles. The minimum atomic E-state index is -0.465. The highest BCUT2D eigenvalue weighted by Crippen LogP contribution is 2.37. The smallest absolute Gasteiger partial charge is 0.239 e. The average Bonchev–Trinajstić information content (AvgIpc) is 2.49. The highest BCUT2D eigenvalue weighted by Gasteiger charge is 2.40. The van der Waals surface area contributed by atoms with Crippen molar-refractivity contribution >= 4 is 11.8 Å². The van der Waals surface area contributed by atoms with Crippen LogP contribution in [0.25, 0.3) is 0 Å². The molecular weight excluding hydrogens is 274 g/mol. The van der Waals surface area contributed by atoms with Crippen LogP contribution in [0, 0.1) is 5.41 Å². The van der Waals surface area contributed by atoms with Gasteiger partial charge in [-0.2, -0.15) is 0 Å². The van der Waals surface area contributed by atoms with Crippen LogP contribution in [0.15, 0.2) is 36.6 Å². The molecule has 2 amide bonds. The lowest BCUT2D eigenvalue weighted by Crippen LogP contribution is -2.45. The molecule has 22 heavy (non-hydrogen) atoms. The number of imide groups is 1. The Morgan fingerprint density at radius 3 is 2.00 bits per heavy atom. The molecule has 0 rings (SSSR count). The third-order valence-electron chi connectivity index (χ3n) is 4.03. The van der Waals surface area contributed by atoms with Gasteiger partial charge in [-0.25, -0.2) is 0 Å². The van der Waals surface area contributed by atoms with Crippen LogP contribution in [-0.4, -0.2) is 16.7 Å². The number of allylic oxidation sites excluding steroid dienone is 4. The summed E-state index contributed by atoms with van der Waals surface area (Å²) < 4.78 is 0. The average molecular weight is 305 g/mol. The molecular formula is C19H31NO2. The molecule has 0 aliphatic carbocycles. The van der Waals surface area contributed by atoms with Crippen molar-refractivity contribution < 1.29 is 9.59 Å². The molecule has 0 bridgehead atoms. The minimum absolute atomic E-state index is 0.0955. The summed E-state index contributed by atoms with van der Waals surface area (Å²) in [5, 5.41) is 0. The van der Waals surface area contributed by atoms with Crippen LogP contribution >= 0.6 is 0 Å². The van der Waals surface area contributed by atoms with Crippen molar-refractivity contribution in [3.05, 3.63) is 36.6 Å². The van der Waals surface area contributed by atoms with Crippen LogP contribution in [0.5, 0.6) is 0 Å². The molecule has 0 aliphatic rings. The summed E-state index contributed by atoms with van der Waals surface area (Å²) in [4.78, 5) is 26.6. The summed E-state index contributed by atoms with van der Waals surface area (Å²) in [5.41, 5.74) is 0.0772. The van der Waals surface area contributed by atoms with Crippen molar-refractivity contribution in [2.45, 2.75) is 66.7 Å². The van der Waals surface area contributed by atoms with E-state index in [0.717, 1.165) is 32.1 Å². The molecule has 0 atom stereocenters. The second-order valence-electron chi connectivity index (χ2n) is 5.61. The first-order valence-corrected chi connectivity index (χ1v) is 8.24. The number of hydrogen-bond donors (Lipinski definition) is 0. The largest absolute Gasteiger partial charge is 0.274 e. The monoisotopic (exact) mass is 305 g/mol. The van der Waals surface area contributed by atoms with Crippen LogP contribution in [-0.2, 0) is 9.59 Å². The number of amides is 2. The summed E-state index contributed by atoms with van der Waals surface area (Å²) in [6.45, 7) is 13.3. The van der Waals surface area contributed by atoms with Gasteiger partial charge in [-0.15, -0.1) is 0 Å². The van der Waals surface area contributed by atoms with E-state index in [1.54, 1.807) is 12.2 Å². The highest BCUT2D eigenvalue weighted by atomic mass is 16.2. The second kappa shape index (κ2) is 10.1. The van der Waals surface area contributed by atoms with Crippen LogP contribution in [0.1, 0.15) is 66.7 Å². The molecule has 0 aliphatic heterocycles. The zero-order chi connectivity index (χ0) is 17.2. The predicted molar refractivity (Wildman–Crippen MR) is 93.2 cm³/mol. The van der Waals surface area contributed by atoms with Crippen molar-refractivity contribution in [1.82, 2.24) is 4.90 Å². The Hall–Kier alpha value is -1.64. The van der Waals surface area contributed by atoms with Crippen LogP contribution in [0.2, 0.25) is 0 Å². The maximum atomic E-state index is 13.2. The van der Waals surface area contributed by atoms with Gasteiger partial charge >= 0.3 is 0 Å². The van der Waals surface area contributed by atoms with Crippen molar-refractivity contribution in [2.75, 3.05) is 0 Å². The third-order valence-corrected chi connectivity index (χ3v) is 4.03. The lowest BCUT2D eigenvalue weighted by atomic mass is 9.75. The molecule has 0 unspecified atom stereocenters. The SMILES string of the molecule is C=C/C(=C\C=C/C)N(C(C)=O)C(=O)C(CC)(CCC)CCC. The molecule has 0 saturated carbocycles. The van der Waals surface area contributed by atoms with Gasteiger partial charge in [0.05, 0.1) is 5.70 Å². The van der Waals surface area contributed by atoms with Crippen LogP contribution in [0.4, 0.5) is 0 Å². The molecule has 0 N–H and O–H groups in total. The van der Waals surface area contributed by atoms with Crippen LogP contribution in [0.3, 0.4) is 0 Å². The Morgan fingerprint density at radius 1 is 1.14 bits per heavy atom. The van der Waals surface area contributed by atoms with Crippen molar-refractivity contribution in [3.63, 3.8) is 0 Å². The van der Waals surface area contributed by atoms with E-state index in [9.17, 15) is 9.59 Å². The third kappa shape index (κ3) is 4.97. The first-order chi connectivity index (χ1) is 10.4. The Labute approximate surface area is 135 Å². The molecule has 0 radical (unpaired) electrons. The molecule has 0 saturated heterocycles. The predicted octanol–water partition coefficient (Wildman–Crippen LogP) is 5.00. The highest BCUT2D eigenvalue weighted by molar-refractivity contribution is 5.99. The molecule has 0 spiro atoms. The fourth-order valence-corrected chi connectivity index (χ4v) is 2.91. The van der Waals surface area contributed by atoms with E-state index >= 15 is 0 Å². The molecule has 3 nitrogen and oxygen atoms in total. The standard InChI is InChI=1S/C19H31NO2/c1-7-12-13-17(10-4)20(16(6)21)18(22)19(11-5,14-8-2)15-9-3/h7,10,12-13H,4,8-9,11,14-15H2,1-3,5-6H3/b12-7-,17-13+. The van der Waals surface area contributed by atoms with Gasteiger partial charge in [0, 0.05) is 12.3 Å². The molecule has 124 valence electrons. The Morgan fingerprint density at radius 2 is 1.68 bits per heavy atom. The molecule has 0 fully saturated rings. The number of rotatable bonds is 9. The first kappa shape index (κ1) is 20.4. The number of carbonyl (C=O) groups is 2. The molecule has 3 heteroatoms. The van der Waals surface area contributed by atoms with Gasteiger partial charge in [0.15, 0.2) is 0 Å². The molecule has 0 aromatic heterocycles. The van der Waals surface area contributed by atoms with E-state index in [1.165, 1.54) is 11.8 Å². The lowest BCUT2D eigenvalue weighted by molar-refractivity contribution is -0.149. The second-order valence-corrected chi connectivity index (χ2v) is 5.61. The Bertz CT molecular complexity index is 440. The zero-order valence-electron chi connectivity index (χ0n) is 14.8. The van der Waals surface area contributed by atoms with E-state index in [0.29, 0.717) is 5.70 Å². The van der Waals surface area contributed by atoms with Gasteiger partial charge in [0.25, 0.3) is 0 Å². The fraction of sp³-hybridized carbons (Fsp3) is 0.579. The van der Waals surface area contributed by atoms with E-state index in [4.69, 9.17) is 0 Å². The quantitative estimate of drug-likeness (QED) is 0.562. The maximum Gasteiger partial charge on any atom is 0.239 e. The topological polar surface area (TPSA) is 37.4 Å². The minimum Gasteiger partial charge on any atom is -0.274 e. The van der Waals surface area contributed by atoms with Gasteiger partial charge in [-0.3, -0.25) is 14.5 Å². The van der Waals surface area contributed by atoms with E-state index < -0.39 is 5.41 Å². The Kier molecular flexibility index (Phi) is 9.39. The van der Waals surface area contributed by atoms with Crippen LogP contribution < -0.4 is 0 Å². The normalized spacial score (nSPS) is 12.5. The van der Waals surface area contributed by atoms with Crippen molar-refractivity contribution in [2.24, 2.45) is 5.41 Å². The van der Waals surface area contributed by atoms with Gasteiger partial charge in [-0.05, 0) is 38.3 Å². The number of hydrogen-bond acceptors (Lipinski definition) is 2. The lowest BCUT2D eigenvalue weighted by Gasteiger charge is -2.35. The van der Waals surface area contributed by atoms with Crippen molar-refractivity contribution in [3.8, 4) is 0 Å². The van der Waals surface area contributed by atoms with Crippen molar-refractivity contribution in [1.29, 1.82) is 0 Å². The van der Waals surface area contributed by atoms with Gasteiger partial charge in [-0.1, -0.05) is 52.3 Å². The van der Waals surface area contributed by atoms with E-state index in [-0.39, 0.29) is 11.8 Å². The Balaban J connectivity index is 5.87. The zero-order valence-corrected chi connectivity index (χ0v) is 14.8. The van der Waals surface area contributed by atoms with Gasteiger partial charge < -0.3 is 0 Å². The summed E-state index contributed by atoms with van der Waals surface area (Å²) in [6.07, 6.45) is 11.2. The summed E-state index contributed by atoms with van der Waals surface area (Å²) in [7, 11) is 0. The maximum absolute atomic E-state index is 13.2. The summed E-state index contributed by atoms with van der Waals surface area (Å²) >= 11 is 0. The van der Waals surface area contributed by atoms with E-state index in [2.05, 4.69) is 20.4 Å².